The molecule has 0 saturated heterocycles. The van der Waals surface area contributed by atoms with Gasteiger partial charge in [0.05, 0.1) is 17.2 Å². The predicted octanol–water partition coefficient (Wildman–Crippen LogP) is 3.32. The van der Waals surface area contributed by atoms with Crippen LogP contribution in [-0.2, 0) is 16.0 Å². The lowest BCUT2D eigenvalue weighted by Crippen LogP contribution is -2.18. The molecule has 0 fully saturated rings. The smallest absolute Gasteiger partial charge is 0.324 e. The van der Waals surface area contributed by atoms with Crippen molar-refractivity contribution >= 4 is 40.8 Å². The first-order valence-electron chi connectivity index (χ1n) is 4.21. The van der Waals surface area contributed by atoms with Crippen LogP contribution in [0.25, 0.3) is 0 Å². The zero-order valence-electron chi connectivity index (χ0n) is 7.97. The summed E-state index contributed by atoms with van der Waals surface area (Å²) in [5.74, 6) is -0.479. The highest BCUT2D eigenvalue weighted by molar-refractivity contribution is 6.42. The molecule has 0 heterocycles. The van der Waals surface area contributed by atoms with Crippen LogP contribution in [0.2, 0.25) is 10.0 Å². The highest BCUT2D eigenvalue weighted by Gasteiger charge is 2.18. The zero-order valence-corrected chi connectivity index (χ0v) is 10.2. The number of ether oxygens (including phenoxy) is 1. The summed E-state index contributed by atoms with van der Waals surface area (Å²) in [4.78, 5) is 11.1. The molecule has 2 nitrogen and oxygen atoms in total. The van der Waals surface area contributed by atoms with E-state index in [0.29, 0.717) is 16.5 Å². The van der Waals surface area contributed by atoms with Gasteiger partial charge in [0.15, 0.2) is 0 Å². The van der Waals surface area contributed by atoms with E-state index in [1.54, 1.807) is 18.2 Å². The Labute approximate surface area is 103 Å². The van der Waals surface area contributed by atoms with Crippen LogP contribution < -0.4 is 0 Å². The van der Waals surface area contributed by atoms with Crippen LogP contribution >= 0.6 is 34.8 Å². The fourth-order valence-corrected chi connectivity index (χ4v) is 1.76. The summed E-state index contributed by atoms with van der Waals surface area (Å²) in [6.45, 7) is 0. The molecular weight excluding hydrogens is 258 g/mol. The Bertz CT molecular complexity index is 366. The van der Waals surface area contributed by atoms with Crippen LogP contribution in [0, 0.1) is 0 Å². The Balaban J connectivity index is 2.81. The first-order valence-corrected chi connectivity index (χ1v) is 5.40. The van der Waals surface area contributed by atoms with Crippen LogP contribution in [0.1, 0.15) is 5.56 Å². The Morgan fingerprint density at radius 1 is 1.47 bits per heavy atom. The molecule has 0 aliphatic rings. The van der Waals surface area contributed by atoms with Crippen molar-refractivity contribution in [3.63, 3.8) is 0 Å². The predicted molar refractivity (Wildman–Crippen MR) is 61.8 cm³/mol. The third-order valence-electron chi connectivity index (χ3n) is 1.89. The van der Waals surface area contributed by atoms with Gasteiger partial charge in [0.1, 0.15) is 5.38 Å². The Morgan fingerprint density at radius 3 is 2.73 bits per heavy atom. The van der Waals surface area contributed by atoms with Crippen molar-refractivity contribution in [2.24, 2.45) is 0 Å². The quantitative estimate of drug-likeness (QED) is 0.620. The van der Waals surface area contributed by atoms with Gasteiger partial charge < -0.3 is 4.74 Å². The molecule has 15 heavy (non-hydrogen) atoms. The fourth-order valence-electron chi connectivity index (χ4n) is 1.11. The maximum absolute atomic E-state index is 11.1. The second-order valence-corrected chi connectivity index (χ2v) is 4.22. The van der Waals surface area contributed by atoms with E-state index in [-0.39, 0.29) is 0 Å². The topological polar surface area (TPSA) is 26.3 Å². The highest BCUT2D eigenvalue weighted by Crippen LogP contribution is 2.27. The van der Waals surface area contributed by atoms with Crippen LogP contribution in [0.3, 0.4) is 0 Å². The average molecular weight is 268 g/mol. The molecule has 1 aromatic rings. The Kier molecular flexibility index (Phi) is 4.71. The van der Waals surface area contributed by atoms with Gasteiger partial charge in [-0.3, -0.25) is 4.79 Å². The zero-order chi connectivity index (χ0) is 11.4. The van der Waals surface area contributed by atoms with Gasteiger partial charge in [-0.15, -0.1) is 11.6 Å². The van der Waals surface area contributed by atoms with Gasteiger partial charge in [-0.05, 0) is 11.6 Å². The summed E-state index contributed by atoms with van der Waals surface area (Å²) in [6.07, 6.45) is 0.299. The summed E-state index contributed by atoms with van der Waals surface area (Å²) >= 11 is 17.6. The fraction of sp³-hybridized carbons (Fsp3) is 0.300. The standard InChI is InChI=1S/C10H9Cl3O2/c1-15-10(14)8(12)5-6-3-2-4-7(11)9(6)13/h2-4,8H,5H2,1H3. The summed E-state index contributed by atoms with van der Waals surface area (Å²) in [5.41, 5.74) is 0.731. The minimum Gasteiger partial charge on any atom is -0.468 e. The van der Waals surface area contributed by atoms with E-state index >= 15 is 0 Å². The molecule has 0 saturated carbocycles. The normalized spacial score (nSPS) is 12.3. The first kappa shape index (κ1) is 12.6. The molecule has 0 N–H and O–H groups in total. The molecule has 5 heteroatoms. The highest BCUT2D eigenvalue weighted by atomic mass is 35.5. The van der Waals surface area contributed by atoms with Gasteiger partial charge in [0, 0.05) is 6.42 Å². The number of esters is 1. The molecule has 1 unspecified atom stereocenters. The van der Waals surface area contributed by atoms with Crippen LogP contribution in [-0.4, -0.2) is 18.5 Å². The summed E-state index contributed by atoms with van der Waals surface area (Å²) in [6, 6.07) is 5.20. The van der Waals surface area contributed by atoms with Crippen molar-refractivity contribution in [1.82, 2.24) is 0 Å². The van der Waals surface area contributed by atoms with E-state index in [9.17, 15) is 4.79 Å². The molecule has 0 aliphatic carbocycles. The van der Waals surface area contributed by atoms with Crippen molar-refractivity contribution in [2.75, 3.05) is 7.11 Å². The number of methoxy groups -OCH3 is 1. The molecule has 0 amide bonds. The number of hydrogen-bond acceptors (Lipinski definition) is 2. The van der Waals surface area contributed by atoms with Crippen molar-refractivity contribution in [1.29, 1.82) is 0 Å². The molecule has 82 valence electrons. The monoisotopic (exact) mass is 266 g/mol. The second kappa shape index (κ2) is 5.59. The average Bonchev–Trinajstić information content (AvgIpc) is 2.23. The van der Waals surface area contributed by atoms with Gasteiger partial charge in [0.25, 0.3) is 0 Å². The molecule has 0 radical (unpaired) electrons. The van der Waals surface area contributed by atoms with E-state index in [4.69, 9.17) is 34.8 Å². The number of halogens is 3. The largest absolute Gasteiger partial charge is 0.468 e. The van der Waals surface area contributed by atoms with E-state index in [0.717, 1.165) is 5.56 Å². The van der Waals surface area contributed by atoms with Gasteiger partial charge in [0.2, 0.25) is 0 Å². The first-order chi connectivity index (χ1) is 7.06. The van der Waals surface area contributed by atoms with Crippen LogP contribution in [0.4, 0.5) is 0 Å². The molecule has 1 rings (SSSR count). The molecule has 0 aromatic heterocycles. The number of carbonyl (C=O) groups excluding carboxylic acids is 1. The van der Waals surface area contributed by atoms with Crippen molar-refractivity contribution in [3.8, 4) is 0 Å². The number of carbonyl (C=O) groups is 1. The molecule has 0 bridgehead atoms. The van der Waals surface area contributed by atoms with Crippen molar-refractivity contribution in [2.45, 2.75) is 11.8 Å². The van der Waals surface area contributed by atoms with E-state index in [1.165, 1.54) is 7.11 Å². The SMILES string of the molecule is COC(=O)C(Cl)Cc1cccc(Cl)c1Cl. The summed E-state index contributed by atoms with van der Waals surface area (Å²) in [7, 11) is 1.29. The molecule has 0 aliphatic heterocycles. The third kappa shape index (κ3) is 3.26. The summed E-state index contributed by atoms with van der Waals surface area (Å²) < 4.78 is 4.51. The lowest BCUT2D eigenvalue weighted by Gasteiger charge is -2.09. The van der Waals surface area contributed by atoms with Gasteiger partial charge in [-0.1, -0.05) is 35.3 Å². The number of benzene rings is 1. The lowest BCUT2D eigenvalue weighted by molar-refractivity contribution is -0.140. The van der Waals surface area contributed by atoms with Gasteiger partial charge >= 0.3 is 5.97 Å². The maximum Gasteiger partial charge on any atom is 0.324 e. The molecular formula is C10H9Cl3O2. The van der Waals surface area contributed by atoms with E-state index < -0.39 is 11.3 Å². The minimum atomic E-state index is -0.744. The van der Waals surface area contributed by atoms with Crippen LogP contribution in [0.15, 0.2) is 18.2 Å². The Hall–Kier alpha value is -0.440. The van der Waals surface area contributed by atoms with Crippen molar-refractivity contribution in [3.05, 3.63) is 33.8 Å². The van der Waals surface area contributed by atoms with E-state index in [1.807, 2.05) is 0 Å². The van der Waals surface area contributed by atoms with Gasteiger partial charge in [-0.25, -0.2) is 0 Å². The summed E-state index contributed by atoms with van der Waals surface area (Å²) in [5, 5.41) is 0.127. The number of hydrogen-bond donors (Lipinski definition) is 0. The minimum absolute atomic E-state index is 0.299. The maximum atomic E-state index is 11.1. The number of alkyl halides is 1. The van der Waals surface area contributed by atoms with Crippen molar-refractivity contribution < 1.29 is 9.53 Å². The lowest BCUT2D eigenvalue weighted by atomic mass is 10.1. The third-order valence-corrected chi connectivity index (χ3v) is 3.08. The number of rotatable bonds is 3. The van der Waals surface area contributed by atoms with Gasteiger partial charge in [-0.2, -0.15) is 0 Å². The van der Waals surface area contributed by atoms with Crippen LogP contribution in [0.5, 0.6) is 0 Å². The Morgan fingerprint density at radius 2 is 2.13 bits per heavy atom. The molecule has 0 spiro atoms. The molecule has 1 aromatic carbocycles. The van der Waals surface area contributed by atoms with E-state index in [2.05, 4.69) is 4.74 Å². The second-order valence-electron chi connectivity index (χ2n) is 2.91. The molecule has 1 atom stereocenters.